The maximum Gasteiger partial charge on any atom is 0.315 e. The van der Waals surface area contributed by atoms with E-state index in [1.165, 1.54) is 70.6 Å². The van der Waals surface area contributed by atoms with E-state index in [-0.39, 0.29) is 6.42 Å². The molecule has 0 aromatic carbocycles. The largest absolute Gasteiger partial charge is 0.481 e. The molecule has 0 radical (unpaired) electrons. The number of unbranched alkanes of at least 4 members (excludes halogenated alkanes) is 6. The molecular formula is C20H34O2. The number of aliphatic carboxylic acids is 1. The second-order valence-electron chi connectivity index (χ2n) is 6.82. The fourth-order valence-corrected chi connectivity index (χ4v) is 3.74. The molecule has 1 saturated carbocycles. The molecule has 0 amide bonds. The summed E-state index contributed by atoms with van der Waals surface area (Å²) < 4.78 is 0. The zero-order valence-electron chi connectivity index (χ0n) is 14.4. The third-order valence-corrected chi connectivity index (χ3v) is 4.99. The van der Waals surface area contributed by atoms with Gasteiger partial charge in [0.2, 0.25) is 0 Å². The van der Waals surface area contributed by atoms with E-state index >= 15 is 0 Å². The van der Waals surface area contributed by atoms with Crippen LogP contribution in [0.15, 0.2) is 0 Å². The van der Waals surface area contributed by atoms with Crippen molar-refractivity contribution in [2.24, 2.45) is 11.8 Å². The molecule has 1 fully saturated rings. The third kappa shape index (κ3) is 9.13. The minimum atomic E-state index is -0.817. The second-order valence-corrected chi connectivity index (χ2v) is 6.82. The molecule has 2 atom stereocenters. The normalized spacial score (nSPS) is 20.6. The van der Waals surface area contributed by atoms with Gasteiger partial charge in [-0.25, -0.2) is 0 Å². The maximum atomic E-state index is 10.4. The van der Waals surface area contributed by atoms with E-state index in [1.54, 1.807) is 0 Å². The molecule has 0 bridgehead atoms. The Balaban J connectivity index is 2.07. The van der Waals surface area contributed by atoms with Crippen LogP contribution in [0.2, 0.25) is 0 Å². The van der Waals surface area contributed by atoms with Gasteiger partial charge in [0.25, 0.3) is 0 Å². The molecule has 2 heteroatoms. The summed E-state index contributed by atoms with van der Waals surface area (Å²) in [5.41, 5.74) is 0. The fourth-order valence-electron chi connectivity index (χ4n) is 3.74. The highest BCUT2D eigenvalue weighted by Gasteiger charge is 2.25. The van der Waals surface area contributed by atoms with Crippen LogP contribution in [0.1, 0.15) is 96.8 Å². The summed E-state index contributed by atoms with van der Waals surface area (Å²) in [6.07, 6.45) is 17.4. The van der Waals surface area contributed by atoms with Gasteiger partial charge in [0, 0.05) is 6.42 Å². The Hall–Kier alpha value is -0.970. The van der Waals surface area contributed by atoms with E-state index in [4.69, 9.17) is 5.11 Å². The first-order valence-electron chi connectivity index (χ1n) is 9.41. The summed E-state index contributed by atoms with van der Waals surface area (Å²) in [5.74, 6) is 6.78. The Morgan fingerprint density at radius 1 is 0.955 bits per heavy atom. The molecule has 0 aliphatic heterocycles. The van der Waals surface area contributed by atoms with Gasteiger partial charge >= 0.3 is 5.97 Å². The standard InChI is InChI=1S/C20H34O2/c1-2-3-4-5-6-9-13-18-15-12-16-19(18)14-10-7-8-11-17-20(21)22/h18-19H,2-7,9-10,12-17H2,1H3,(H,21,22)/t18-,19-/m0/s1. The lowest BCUT2D eigenvalue weighted by molar-refractivity contribution is -0.135. The summed E-state index contributed by atoms with van der Waals surface area (Å²) in [6, 6.07) is 0. The lowest BCUT2D eigenvalue weighted by Crippen LogP contribution is -2.08. The molecule has 0 spiro atoms. The second kappa shape index (κ2) is 12.6. The van der Waals surface area contributed by atoms with Crippen molar-refractivity contribution in [3.63, 3.8) is 0 Å². The van der Waals surface area contributed by atoms with Crippen LogP contribution in [-0.4, -0.2) is 11.1 Å². The first-order valence-corrected chi connectivity index (χ1v) is 9.41. The van der Waals surface area contributed by atoms with Crippen LogP contribution in [0.25, 0.3) is 0 Å². The van der Waals surface area contributed by atoms with Crippen LogP contribution in [0.4, 0.5) is 0 Å². The van der Waals surface area contributed by atoms with E-state index in [0.717, 1.165) is 24.7 Å². The average Bonchev–Trinajstić information content (AvgIpc) is 2.93. The van der Waals surface area contributed by atoms with Crippen molar-refractivity contribution in [3.8, 4) is 11.8 Å². The van der Waals surface area contributed by atoms with Crippen molar-refractivity contribution in [1.29, 1.82) is 0 Å². The van der Waals surface area contributed by atoms with Crippen molar-refractivity contribution in [2.45, 2.75) is 96.8 Å². The van der Waals surface area contributed by atoms with Gasteiger partial charge in [0.1, 0.15) is 6.42 Å². The first-order chi connectivity index (χ1) is 10.7. The summed E-state index contributed by atoms with van der Waals surface area (Å²) in [5, 5.41) is 8.53. The highest BCUT2D eigenvalue weighted by molar-refractivity contribution is 5.69. The van der Waals surface area contributed by atoms with Crippen LogP contribution in [-0.2, 0) is 4.79 Å². The maximum absolute atomic E-state index is 10.4. The van der Waals surface area contributed by atoms with Gasteiger partial charge in [-0.2, -0.15) is 0 Å². The van der Waals surface area contributed by atoms with Crippen molar-refractivity contribution in [2.75, 3.05) is 0 Å². The van der Waals surface area contributed by atoms with Crippen molar-refractivity contribution in [3.05, 3.63) is 0 Å². The van der Waals surface area contributed by atoms with Crippen LogP contribution < -0.4 is 0 Å². The minimum Gasteiger partial charge on any atom is -0.481 e. The van der Waals surface area contributed by atoms with Crippen molar-refractivity contribution >= 4 is 5.97 Å². The number of carbonyl (C=O) groups is 1. The van der Waals surface area contributed by atoms with Crippen LogP contribution in [0.3, 0.4) is 0 Å². The summed E-state index contributed by atoms with van der Waals surface area (Å²) in [4.78, 5) is 10.4. The molecule has 1 rings (SSSR count). The van der Waals surface area contributed by atoms with Gasteiger partial charge in [-0.1, -0.05) is 77.1 Å². The third-order valence-electron chi connectivity index (χ3n) is 4.99. The van der Waals surface area contributed by atoms with Gasteiger partial charge in [-0.15, -0.1) is 5.92 Å². The molecule has 1 aliphatic carbocycles. The highest BCUT2D eigenvalue weighted by Crippen LogP contribution is 2.38. The molecule has 22 heavy (non-hydrogen) atoms. The number of hydrogen-bond donors (Lipinski definition) is 1. The zero-order valence-corrected chi connectivity index (χ0v) is 14.4. The topological polar surface area (TPSA) is 37.3 Å². The van der Waals surface area contributed by atoms with Gasteiger partial charge in [0.05, 0.1) is 0 Å². The highest BCUT2D eigenvalue weighted by atomic mass is 16.4. The first kappa shape index (κ1) is 19.1. The van der Waals surface area contributed by atoms with Gasteiger partial charge in [-0.3, -0.25) is 4.79 Å². The smallest absolute Gasteiger partial charge is 0.315 e. The molecule has 0 aromatic rings. The van der Waals surface area contributed by atoms with E-state index in [1.807, 2.05) is 0 Å². The van der Waals surface area contributed by atoms with Crippen LogP contribution in [0.5, 0.6) is 0 Å². The Labute approximate surface area is 137 Å². The predicted molar refractivity (Wildman–Crippen MR) is 92.7 cm³/mol. The van der Waals surface area contributed by atoms with Gasteiger partial charge < -0.3 is 5.11 Å². The quantitative estimate of drug-likeness (QED) is 0.387. The fraction of sp³-hybridized carbons (Fsp3) is 0.850. The molecule has 0 heterocycles. The summed E-state index contributed by atoms with van der Waals surface area (Å²) in [6.45, 7) is 2.27. The average molecular weight is 306 g/mol. The molecule has 2 nitrogen and oxygen atoms in total. The SMILES string of the molecule is CCCCCCCC[C@H]1CCC[C@@H]1CCCC#CCC(=O)O. The molecule has 0 unspecified atom stereocenters. The Morgan fingerprint density at radius 2 is 1.59 bits per heavy atom. The monoisotopic (exact) mass is 306 g/mol. The number of carboxylic acids is 1. The van der Waals surface area contributed by atoms with Gasteiger partial charge in [0.15, 0.2) is 0 Å². The van der Waals surface area contributed by atoms with E-state index < -0.39 is 5.97 Å². The summed E-state index contributed by atoms with van der Waals surface area (Å²) in [7, 11) is 0. The van der Waals surface area contributed by atoms with Crippen LogP contribution in [0, 0.1) is 23.7 Å². The lowest BCUT2D eigenvalue weighted by atomic mass is 9.87. The molecule has 1 aliphatic rings. The van der Waals surface area contributed by atoms with E-state index in [2.05, 4.69) is 18.8 Å². The van der Waals surface area contributed by atoms with E-state index in [0.29, 0.717) is 0 Å². The molecule has 1 N–H and O–H groups in total. The van der Waals surface area contributed by atoms with Crippen molar-refractivity contribution < 1.29 is 9.90 Å². The zero-order chi connectivity index (χ0) is 16.0. The van der Waals surface area contributed by atoms with Crippen molar-refractivity contribution in [1.82, 2.24) is 0 Å². The lowest BCUT2D eigenvalue weighted by Gasteiger charge is -2.19. The number of carboxylic acid groups (broad SMARTS) is 1. The minimum absolute atomic E-state index is 0.00984. The molecular weight excluding hydrogens is 272 g/mol. The van der Waals surface area contributed by atoms with Gasteiger partial charge in [-0.05, 0) is 24.7 Å². The molecule has 0 aromatic heterocycles. The molecule has 126 valence electrons. The Bertz CT molecular complexity index is 350. The predicted octanol–water partition coefficient (Wildman–Crippen LogP) is 5.80. The number of rotatable bonds is 11. The number of hydrogen-bond acceptors (Lipinski definition) is 1. The summed E-state index contributed by atoms with van der Waals surface area (Å²) >= 11 is 0. The van der Waals surface area contributed by atoms with E-state index in [9.17, 15) is 4.79 Å². The Kier molecular flexibility index (Phi) is 10.9. The van der Waals surface area contributed by atoms with Crippen LogP contribution >= 0.6 is 0 Å². The Morgan fingerprint density at radius 3 is 2.27 bits per heavy atom. The molecule has 0 saturated heterocycles.